The fraction of sp³-hybridized carbons (Fsp3) is 0.565. The second-order valence-electron chi connectivity index (χ2n) is 7.89. The molecule has 0 saturated carbocycles. The van der Waals surface area contributed by atoms with Gasteiger partial charge in [-0.3, -0.25) is 0 Å². The summed E-state index contributed by atoms with van der Waals surface area (Å²) in [5.74, 6) is 0. The van der Waals surface area contributed by atoms with Crippen LogP contribution in [0.5, 0.6) is 0 Å². The third-order valence-corrected chi connectivity index (χ3v) is 6.41. The first-order chi connectivity index (χ1) is 11.7. The summed E-state index contributed by atoms with van der Waals surface area (Å²) in [7, 11) is 0. The molecule has 0 nitrogen and oxygen atoms in total. The van der Waals surface area contributed by atoms with Crippen molar-refractivity contribution in [2.24, 2.45) is 0 Å². The van der Waals surface area contributed by atoms with E-state index in [1.54, 1.807) is 0 Å². The molecule has 0 aliphatic carbocycles. The number of allylic oxidation sites excluding steroid dienone is 3. The van der Waals surface area contributed by atoms with Crippen LogP contribution in [0.25, 0.3) is 0 Å². The summed E-state index contributed by atoms with van der Waals surface area (Å²) in [6, 6.07) is 9.18. The molecule has 0 spiro atoms. The Hall–Kier alpha value is -0.600. The molecule has 1 rings (SSSR count). The van der Waals surface area contributed by atoms with Crippen molar-refractivity contribution in [2.75, 3.05) is 0 Å². The first-order valence-corrected chi connectivity index (χ1v) is 10.8. The van der Waals surface area contributed by atoms with Gasteiger partial charge in [0.25, 0.3) is 0 Å². The summed E-state index contributed by atoms with van der Waals surface area (Å²) in [5, 5.41) is 0.646. The second kappa shape index (κ2) is 10.5. The van der Waals surface area contributed by atoms with Gasteiger partial charge in [0.1, 0.15) is 0 Å². The maximum atomic E-state index is 4.51. The molecule has 1 aromatic rings. The number of thioether (sulfide) groups is 1. The van der Waals surface area contributed by atoms with Crippen molar-refractivity contribution >= 4 is 24.4 Å². The summed E-state index contributed by atoms with van der Waals surface area (Å²) in [6.45, 7) is 17.7. The molecule has 0 amide bonds. The van der Waals surface area contributed by atoms with E-state index < -0.39 is 0 Å². The van der Waals surface area contributed by atoms with E-state index >= 15 is 0 Å². The monoisotopic (exact) mass is 376 g/mol. The van der Waals surface area contributed by atoms with Gasteiger partial charge >= 0.3 is 0 Å². The van der Waals surface area contributed by atoms with Crippen LogP contribution in [0, 0.1) is 0 Å². The van der Waals surface area contributed by atoms with Crippen molar-refractivity contribution in [3.8, 4) is 0 Å². The molecule has 0 radical (unpaired) electrons. The SMILES string of the molecule is C=C(C/C(CC)=C(\C)S)SC(CC)CCc1ccc(C(C)(C)C)cc1. The molecule has 1 unspecified atom stereocenters. The molecule has 0 aliphatic heterocycles. The Morgan fingerprint density at radius 2 is 1.76 bits per heavy atom. The van der Waals surface area contributed by atoms with E-state index in [0.29, 0.717) is 5.25 Å². The molecule has 140 valence electrons. The second-order valence-corrected chi connectivity index (χ2v) is 10.0. The Kier molecular flexibility index (Phi) is 9.45. The summed E-state index contributed by atoms with van der Waals surface area (Å²) >= 11 is 6.48. The van der Waals surface area contributed by atoms with Gasteiger partial charge in [0, 0.05) is 5.25 Å². The lowest BCUT2D eigenvalue weighted by Gasteiger charge is -2.20. The van der Waals surface area contributed by atoms with E-state index in [0.717, 1.165) is 24.2 Å². The Morgan fingerprint density at radius 3 is 2.20 bits per heavy atom. The highest BCUT2D eigenvalue weighted by atomic mass is 32.2. The number of hydrogen-bond donors (Lipinski definition) is 1. The molecule has 0 bridgehead atoms. The zero-order valence-corrected chi connectivity index (χ0v) is 18.7. The Labute approximate surface area is 166 Å². The van der Waals surface area contributed by atoms with Crippen LogP contribution in [0.15, 0.2) is 46.2 Å². The summed E-state index contributed by atoms with van der Waals surface area (Å²) in [6.07, 6.45) is 5.58. The number of aryl methyl sites for hydroxylation is 1. The number of thiol groups is 1. The number of benzene rings is 1. The third kappa shape index (κ3) is 8.09. The summed E-state index contributed by atoms with van der Waals surface area (Å²) in [4.78, 5) is 2.43. The molecule has 0 aromatic heterocycles. The van der Waals surface area contributed by atoms with Gasteiger partial charge in [0.15, 0.2) is 0 Å². The van der Waals surface area contributed by atoms with Crippen molar-refractivity contribution in [1.29, 1.82) is 0 Å². The van der Waals surface area contributed by atoms with Crippen LogP contribution in [-0.4, -0.2) is 5.25 Å². The lowest BCUT2D eigenvalue weighted by Crippen LogP contribution is -2.10. The smallest absolute Gasteiger partial charge is 0.00916 e. The van der Waals surface area contributed by atoms with Crippen LogP contribution in [0.4, 0.5) is 0 Å². The van der Waals surface area contributed by atoms with Gasteiger partial charge in [-0.1, -0.05) is 71.0 Å². The van der Waals surface area contributed by atoms with E-state index in [9.17, 15) is 0 Å². The zero-order chi connectivity index (χ0) is 19.0. The normalized spacial score (nSPS) is 14.2. The van der Waals surface area contributed by atoms with Gasteiger partial charge in [-0.2, -0.15) is 0 Å². The first-order valence-electron chi connectivity index (χ1n) is 9.48. The van der Waals surface area contributed by atoms with Crippen LogP contribution in [0.2, 0.25) is 0 Å². The van der Waals surface area contributed by atoms with E-state index in [-0.39, 0.29) is 5.41 Å². The van der Waals surface area contributed by atoms with Crippen molar-refractivity contribution in [2.45, 2.75) is 84.3 Å². The molecule has 0 aliphatic rings. The first kappa shape index (κ1) is 22.4. The van der Waals surface area contributed by atoms with Gasteiger partial charge in [0.05, 0.1) is 0 Å². The predicted octanol–water partition coefficient (Wildman–Crippen LogP) is 7.95. The minimum atomic E-state index is 0.230. The molecular formula is C23H36S2. The van der Waals surface area contributed by atoms with Crippen LogP contribution in [-0.2, 0) is 11.8 Å². The molecule has 2 heteroatoms. The van der Waals surface area contributed by atoms with Crippen LogP contribution in [0.1, 0.15) is 78.4 Å². The van der Waals surface area contributed by atoms with Crippen molar-refractivity contribution < 1.29 is 0 Å². The molecule has 0 saturated heterocycles. The lowest BCUT2D eigenvalue weighted by atomic mass is 9.86. The Bertz CT molecular complexity index is 569. The van der Waals surface area contributed by atoms with Gasteiger partial charge in [0.2, 0.25) is 0 Å². The van der Waals surface area contributed by atoms with E-state index in [4.69, 9.17) is 0 Å². The Balaban J connectivity index is 2.56. The highest BCUT2D eigenvalue weighted by Crippen LogP contribution is 2.32. The molecule has 25 heavy (non-hydrogen) atoms. The van der Waals surface area contributed by atoms with Gasteiger partial charge < -0.3 is 0 Å². The summed E-state index contributed by atoms with van der Waals surface area (Å²) < 4.78 is 0. The van der Waals surface area contributed by atoms with Gasteiger partial charge in [-0.15, -0.1) is 24.4 Å². The van der Waals surface area contributed by atoms with Crippen molar-refractivity contribution in [1.82, 2.24) is 0 Å². The highest BCUT2D eigenvalue weighted by molar-refractivity contribution is 8.03. The Morgan fingerprint density at radius 1 is 1.16 bits per heavy atom. The zero-order valence-electron chi connectivity index (χ0n) is 17.0. The topological polar surface area (TPSA) is 0 Å². The number of rotatable bonds is 9. The minimum absolute atomic E-state index is 0.230. The van der Waals surface area contributed by atoms with Gasteiger partial charge in [-0.05, 0) is 65.4 Å². The van der Waals surface area contributed by atoms with E-state index in [1.807, 2.05) is 11.8 Å². The molecule has 0 fully saturated rings. The molecule has 0 N–H and O–H groups in total. The van der Waals surface area contributed by atoms with Crippen LogP contribution in [0.3, 0.4) is 0 Å². The molecule has 1 atom stereocenters. The average Bonchev–Trinajstić information content (AvgIpc) is 2.55. The average molecular weight is 377 g/mol. The maximum absolute atomic E-state index is 4.51. The fourth-order valence-corrected chi connectivity index (χ4v) is 4.24. The largest absolute Gasteiger partial charge is 0.148 e. The minimum Gasteiger partial charge on any atom is -0.148 e. The van der Waals surface area contributed by atoms with E-state index in [1.165, 1.54) is 34.4 Å². The quantitative estimate of drug-likeness (QED) is 0.427. The summed E-state index contributed by atoms with van der Waals surface area (Å²) in [5.41, 5.74) is 4.49. The lowest BCUT2D eigenvalue weighted by molar-refractivity contribution is 0.590. The van der Waals surface area contributed by atoms with Crippen LogP contribution >= 0.6 is 24.4 Å². The van der Waals surface area contributed by atoms with Crippen LogP contribution < -0.4 is 0 Å². The maximum Gasteiger partial charge on any atom is 0.00916 e. The molecular weight excluding hydrogens is 340 g/mol. The molecule has 1 aromatic carbocycles. The third-order valence-electron chi connectivity index (χ3n) is 4.71. The van der Waals surface area contributed by atoms with E-state index in [2.05, 4.69) is 85.0 Å². The fourth-order valence-electron chi connectivity index (χ4n) is 2.87. The number of hydrogen-bond acceptors (Lipinski definition) is 2. The molecule has 0 heterocycles. The predicted molar refractivity (Wildman–Crippen MR) is 121 cm³/mol. The highest BCUT2D eigenvalue weighted by Gasteiger charge is 2.14. The standard InChI is InChI=1S/C23H36S2/c1-8-20(18(4)24)16-17(3)25-22(9-2)15-12-19-10-13-21(14-11-19)23(5,6)7/h10-11,13-14,22,24H,3,8-9,12,15-16H2,1-2,4-7H3/b20-18+. The van der Waals surface area contributed by atoms with Crippen molar-refractivity contribution in [3.05, 3.63) is 57.4 Å². The van der Waals surface area contributed by atoms with Crippen molar-refractivity contribution in [3.63, 3.8) is 0 Å². The van der Waals surface area contributed by atoms with Gasteiger partial charge in [-0.25, -0.2) is 0 Å².